The minimum absolute atomic E-state index is 0. The molecule has 0 aromatic carbocycles. The van der Waals surface area contributed by atoms with E-state index in [-0.39, 0.29) is 56.1 Å². The number of hydrogen-bond acceptors (Lipinski definition) is 8. The van der Waals surface area contributed by atoms with Gasteiger partial charge in [0, 0.05) is 45.6 Å². The average molecular weight is 550 g/mol. The molecule has 0 aliphatic heterocycles. The van der Waals surface area contributed by atoms with Gasteiger partial charge in [-0.05, 0) is 17.6 Å². The molecule has 0 fully saturated rings. The summed E-state index contributed by atoms with van der Waals surface area (Å²) in [6.45, 7) is 9.08. The summed E-state index contributed by atoms with van der Waals surface area (Å²) in [6.07, 6.45) is 1.25. The molecular weight excluding hydrogens is 501 g/mol. The third-order valence-electron chi connectivity index (χ3n) is 1.22. The second-order valence-electron chi connectivity index (χ2n) is 4.15. The van der Waals surface area contributed by atoms with Crippen LogP contribution in [0.25, 0.3) is 0 Å². The van der Waals surface area contributed by atoms with Gasteiger partial charge in [-0.3, -0.25) is 0 Å². The Kier molecular flexibility index (Phi) is 147. The standard InChI is InChI=1S/C3H8.C2H7O3Si.C2H7O2Si.CH4O.2CH4.2CH3.3Al.O2Si.3H2O.O/c1-3-2;1-5-6(2,3)4;1-5(2,3)4;1-2;;;;;;;;1-3-2;;;;/h3H2,1-2H3;3H,1-2H3;3H,1-2H3;2H,1H3;2*1H4;2*1H3;;;;;3*1H2;/q;2*-1;;;;;+1;;;+1;;;;;/p+2. The molecule has 0 bridgehead atoms. The van der Waals surface area contributed by atoms with Gasteiger partial charge in [0.2, 0.25) is 0 Å². The van der Waals surface area contributed by atoms with Crippen LogP contribution in [0.2, 0.25) is 25.4 Å². The van der Waals surface area contributed by atoms with Crippen molar-refractivity contribution < 1.29 is 55.2 Å². The van der Waals surface area contributed by atoms with Crippen LogP contribution in [0.5, 0.6) is 0 Å². The van der Waals surface area contributed by atoms with E-state index < -0.39 is 41.5 Å². The molecule has 12 nitrogen and oxygen atoms in total. The Morgan fingerprint density at radius 2 is 1.23 bits per heavy atom. The summed E-state index contributed by atoms with van der Waals surface area (Å²) >= 11 is -0.805. The molecule has 0 rings (SSSR count). The van der Waals surface area contributed by atoms with E-state index >= 15 is 0 Å². The molecule has 1 unspecified atom stereocenters. The first kappa shape index (κ1) is 77.2. The van der Waals surface area contributed by atoms with Gasteiger partial charge in [-0.25, -0.2) is 0 Å². The maximum atomic E-state index is 9.47. The van der Waals surface area contributed by atoms with Crippen LogP contribution in [0, 0.1) is 7.43 Å². The Labute approximate surface area is 211 Å². The summed E-state index contributed by atoms with van der Waals surface area (Å²) in [5, 5.41) is 7.00. The van der Waals surface area contributed by atoms with E-state index in [2.05, 4.69) is 13.8 Å². The summed E-state index contributed by atoms with van der Waals surface area (Å²) in [6, 6.07) is 0. The van der Waals surface area contributed by atoms with E-state index in [1.807, 2.05) is 0 Å². The molecule has 11 N–H and O–H groups in total. The zero-order chi connectivity index (χ0) is 20.1. The fourth-order valence-corrected chi connectivity index (χ4v) is 7.51. The minimum atomic E-state index is -2.99. The molecule has 30 heavy (non-hydrogen) atoms. The second kappa shape index (κ2) is 57.3. The van der Waals surface area contributed by atoms with Gasteiger partial charge < -0.3 is 47.0 Å². The first-order valence-electron chi connectivity index (χ1n) is 6.54. The molecule has 0 heterocycles. The van der Waals surface area contributed by atoms with Gasteiger partial charge in [0.15, 0.2) is 0 Å². The SMILES string of the molecule is C.C.CCC.CO.CO[Si](C)(O)[O][Al-]([CH3])[O][Si](C)(C)O.O.O.O=[Si]=[OH+].[Al].[CH3+].[OH3+].[O]=[Al]. The fourth-order valence-electron chi connectivity index (χ4n) is 0.786. The quantitative estimate of drug-likeness (QED) is 0.210. The topological polar surface area (TPSA) is 240 Å². The van der Waals surface area contributed by atoms with Crippen molar-refractivity contribution >= 4 is 75.1 Å². The first-order valence-corrected chi connectivity index (χ1v) is 15.1. The van der Waals surface area contributed by atoms with Crippen molar-refractivity contribution in [3.8, 4) is 0 Å². The molecule has 1 atom stereocenters. The van der Waals surface area contributed by atoms with Crippen molar-refractivity contribution in [2.24, 2.45) is 0 Å². The van der Waals surface area contributed by atoms with Crippen LogP contribution in [0.3, 0.4) is 0 Å². The van der Waals surface area contributed by atoms with Gasteiger partial charge in [0.1, 0.15) is 0 Å². The molecule has 0 aliphatic rings. The van der Waals surface area contributed by atoms with Gasteiger partial charge in [-0.15, -0.1) is 0 Å². The van der Waals surface area contributed by atoms with Crippen LogP contribution < -0.4 is 0 Å². The zero-order valence-electron chi connectivity index (χ0n) is 18.3. The fraction of sp³-hybridized carbons (Fsp3) is 0.917. The van der Waals surface area contributed by atoms with E-state index in [1.165, 1.54) is 36.3 Å². The summed E-state index contributed by atoms with van der Waals surface area (Å²) < 4.78 is 39.0. The molecular formula is C12H48Al3O12Si3+2. The summed E-state index contributed by atoms with van der Waals surface area (Å²) in [5.41, 5.74) is 0. The molecule has 0 aliphatic carbocycles. The third kappa shape index (κ3) is 115. The Morgan fingerprint density at radius 1 is 1.03 bits per heavy atom. The van der Waals surface area contributed by atoms with Crippen LogP contribution in [0.1, 0.15) is 35.1 Å². The summed E-state index contributed by atoms with van der Waals surface area (Å²) in [5.74, 6) is 1.76. The second-order valence-corrected chi connectivity index (χ2v) is 12.5. The molecule has 0 amide bonds. The van der Waals surface area contributed by atoms with Gasteiger partial charge in [-0.2, -0.15) is 5.79 Å². The Balaban J connectivity index is -0.0000000167. The summed E-state index contributed by atoms with van der Waals surface area (Å²) in [7, 11) is -4.30. The van der Waals surface area contributed by atoms with Crippen LogP contribution in [-0.4, -0.2) is 119 Å². The predicted octanol–water partition coefficient (Wildman–Crippen LogP) is -1.34. The van der Waals surface area contributed by atoms with Crippen molar-refractivity contribution in [1.29, 1.82) is 0 Å². The molecule has 0 aromatic heterocycles. The van der Waals surface area contributed by atoms with Crippen LogP contribution in [0.15, 0.2) is 0 Å². The molecule has 5 radical (unpaired) electrons. The van der Waals surface area contributed by atoms with Crippen molar-refractivity contribution in [3.63, 3.8) is 0 Å². The number of rotatable bonds is 5. The van der Waals surface area contributed by atoms with Crippen molar-refractivity contribution in [2.75, 3.05) is 14.2 Å². The number of hydrogen-bond donors (Lipinski definition) is 3. The van der Waals surface area contributed by atoms with Crippen LogP contribution in [-0.2, 0) is 25.1 Å². The van der Waals surface area contributed by atoms with Gasteiger partial charge in [0.25, 0.3) is 8.56 Å². The average Bonchev–Trinajstić information content (AvgIpc) is 2.42. The van der Waals surface area contributed by atoms with E-state index in [0.29, 0.717) is 0 Å². The molecule has 0 saturated heterocycles. The Morgan fingerprint density at radius 3 is 1.37 bits per heavy atom. The zero-order valence-corrected chi connectivity index (χ0v) is 24.8. The number of aliphatic hydroxyl groups is 1. The normalized spacial score (nSPS) is 8.77. The molecule has 187 valence electrons. The predicted molar refractivity (Wildman–Crippen MR) is 131 cm³/mol. The van der Waals surface area contributed by atoms with Crippen LogP contribution in [0.4, 0.5) is 0 Å². The molecule has 0 aromatic rings. The van der Waals surface area contributed by atoms with Crippen molar-refractivity contribution in [3.05, 3.63) is 7.43 Å². The maximum absolute atomic E-state index is 9.47. The van der Waals surface area contributed by atoms with Gasteiger partial charge in [-0.1, -0.05) is 35.1 Å². The van der Waals surface area contributed by atoms with E-state index in [9.17, 15) is 9.59 Å². The number of aliphatic hydroxyl groups excluding tert-OH is 1. The third-order valence-corrected chi connectivity index (χ3v) is 8.69. The molecule has 0 spiro atoms. The monoisotopic (exact) mass is 549 g/mol. The Bertz CT molecular complexity index is 273. The van der Waals surface area contributed by atoms with Crippen molar-refractivity contribution in [2.45, 2.75) is 60.5 Å². The first-order chi connectivity index (χ1) is 10.5. The van der Waals surface area contributed by atoms with Gasteiger partial charge in [0.05, 0.1) is 0 Å². The van der Waals surface area contributed by atoms with E-state index in [1.54, 1.807) is 18.9 Å². The van der Waals surface area contributed by atoms with E-state index in [0.717, 1.165) is 7.11 Å². The van der Waals surface area contributed by atoms with E-state index in [4.69, 9.17) is 29.2 Å². The summed E-state index contributed by atoms with van der Waals surface area (Å²) in [4.78, 5) is 18.9. The van der Waals surface area contributed by atoms with Crippen molar-refractivity contribution in [1.82, 2.24) is 0 Å². The Hall–Kier alpha value is 1.16. The molecule has 0 saturated carbocycles. The molecule has 18 heteroatoms. The van der Waals surface area contributed by atoms with Crippen LogP contribution >= 0.6 is 0 Å². The van der Waals surface area contributed by atoms with Gasteiger partial charge >= 0.3 is 52.9 Å².